The Bertz CT molecular complexity index is 489. The van der Waals surface area contributed by atoms with Gasteiger partial charge in [0.05, 0.1) is 5.41 Å². The third kappa shape index (κ3) is 5.50. The lowest BCUT2D eigenvalue weighted by molar-refractivity contribution is -0.138. The third-order valence-corrected chi connectivity index (χ3v) is 4.10. The number of nitrogens with zero attached hydrogens (tertiary/aromatic N) is 2. The van der Waals surface area contributed by atoms with E-state index >= 15 is 0 Å². The van der Waals surface area contributed by atoms with Crippen molar-refractivity contribution < 1.29 is 9.53 Å². The molecule has 0 saturated carbocycles. The molecule has 1 aromatic rings. The molecule has 0 heterocycles. The highest BCUT2D eigenvalue weighted by Gasteiger charge is 2.29. The van der Waals surface area contributed by atoms with Crippen LogP contribution < -0.4 is 4.74 Å². The van der Waals surface area contributed by atoms with Gasteiger partial charge in [-0.3, -0.25) is 4.79 Å². The highest BCUT2D eigenvalue weighted by Crippen LogP contribution is 2.24. The van der Waals surface area contributed by atoms with Crippen LogP contribution in [-0.4, -0.2) is 55.9 Å². The van der Waals surface area contributed by atoms with E-state index in [1.54, 1.807) is 11.9 Å². The standard InChI is InChI=1S/C17H27ClN2O2/c1-17(2,13-18)16(21)20(5)12-14-8-6-7-9-15(14)22-11-10-19(3)4/h6-9H,10-13H2,1-5H3. The number of likely N-dealkylation sites (N-methyl/N-ethyl adjacent to an activating group) is 1. The Kier molecular flexibility index (Phi) is 7.17. The molecule has 0 unspecified atom stereocenters. The summed E-state index contributed by atoms with van der Waals surface area (Å²) >= 11 is 5.89. The molecule has 0 saturated heterocycles. The highest BCUT2D eigenvalue weighted by atomic mass is 35.5. The van der Waals surface area contributed by atoms with Crippen LogP contribution in [0.4, 0.5) is 0 Å². The Balaban J connectivity index is 2.74. The maximum atomic E-state index is 12.4. The first kappa shape index (κ1) is 18.8. The number of para-hydroxylation sites is 1. The number of ether oxygens (including phenoxy) is 1. The second kappa shape index (κ2) is 8.39. The molecule has 1 aromatic carbocycles. The Hall–Kier alpha value is -1.26. The van der Waals surface area contributed by atoms with E-state index in [2.05, 4.69) is 4.90 Å². The number of alkyl halides is 1. The lowest BCUT2D eigenvalue weighted by Gasteiger charge is -2.28. The van der Waals surface area contributed by atoms with E-state index in [1.807, 2.05) is 52.2 Å². The van der Waals surface area contributed by atoms with Crippen molar-refractivity contribution in [2.45, 2.75) is 20.4 Å². The number of carbonyl (C=O) groups excluding carboxylic acids is 1. The molecule has 5 heteroatoms. The molecule has 0 radical (unpaired) electrons. The summed E-state index contributed by atoms with van der Waals surface area (Å²) in [4.78, 5) is 16.2. The molecule has 0 bridgehead atoms. The van der Waals surface area contributed by atoms with E-state index in [9.17, 15) is 4.79 Å². The maximum absolute atomic E-state index is 12.4. The summed E-state index contributed by atoms with van der Waals surface area (Å²) in [5.41, 5.74) is 0.444. The van der Waals surface area contributed by atoms with Crippen LogP contribution in [0.2, 0.25) is 0 Å². The van der Waals surface area contributed by atoms with Gasteiger partial charge >= 0.3 is 0 Å². The van der Waals surface area contributed by atoms with Gasteiger partial charge in [-0.05, 0) is 34.0 Å². The monoisotopic (exact) mass is 326 g/mol. The van der Waals surface area contributed by atoms with Crippen LogP contribution in [-0.2, 0) is 11.3 Å². The minimum atomic E-state index is -0.559. The molecule has 0 fully saturated rings. The number of benzene rings is 1. The van der Waals surface area contributed by atoms with Gasteiger partial charge in [0, 0.05) is 31.6 Å². The second-order valence-corrected chi connectivity index (χ2v) is 6.71. The Labute approximate surface area is 139 Å². The van der Waals surface area contributed by atoms with Gasteiger partial charge in [-0.1, -0.05) is 18.2 Å². The van der Waals surface area contributed by atoms with Crippen molar-refractivity contribution in [2.75, 3.05) is 40.2 Å². The van der Waals surface area contributed by atoms with E-state index in [1.165, 1.54) is 0 Å². The van der Waals surface area contributed by atoms with Gasteiger partial charge in [-0.2, -0.15) is 0 Å². The predicted octanol–water partition coefficient (Wildman–Crippen LogP) is 2.85. The molecule has 1 rings (SSSR count). The SMILES string of the molecule is CN(C)CCOc1ccccc1CN(C)C(=O)C(C)(C)CCl. The zero-order valence-electron chi connectivity index (χ0n) is 14.2. The predicted molar refractivity (Wildman–Crippen MR) is 91.5 cm³/mol. The molecule has 0 atom stereocenters. The largest absolute Gasteiger partial charge is 0.492 e. The van der Waals surface area contributed by atoms with Crippen LogP contribution in [0.25, 0.3) is 0 Å². The van der Waals surface area contributed by atoms with E-state index in [0.717, 1.165) is 17.9 Å². The maximum Gasteiger partial charge on any atom is 0.229 e. The van der Waals surface area contributed by atoms with Crippen LogP contribution in [0.1, 0.15) is 19.4 Å². The summed E-state index contributed by atoms with van der Waals surface area (Å²) in [5, 5.41) is 0. The molecule has 0 aliphatic heterocycles. The van der Waals surface area contributed by atoms with Crippen LogP contribution in [0.3, 0.4) is 0 Å². The zero-order valence-corrected chi connectivity index (χ0v) is 15.0. The summed E-state index contributed by atoms with van der Waals surface area (Å²) in [6.45, 7) is 5.70. The van der Waals surface area contributed by atoms with Crippen molar-refractivity contribution in [3.8, 4) is 5.75 Å². The van der Waals surface area contributed by atoms with Gasteiger partial charge in [-0.25, -0.2) is 0 Å². The quantitative estimate of drug-likeness (QED) is 0.689. The molecule has 1 amide bonds. The molecule has 0 spiro atoms. The van der Waals surface area contributed by atoms with Gasteiger partial charge in [0.15, 0.2) is 0 Å². The normalized spacial score (nSPS) is 11.6. The number of rotatable bonds is 8. The fraction of sp³-hybridized carbons (Fsp3) is 0.588. The van der Waals surface area contributed by atoms with Crippen LogP contribution in [0, 0.1) is 5.41 Å². The molecular formula is C17H27ClN2O2. The van der Waals surface area contributed by atoms with E-state index < -0.39 is 5.41 Å². The first-order valence-electron chi connectivity index (χ1n) is 7.45. The van der Waals surface area contributed by atoms with Crippen LogP contribution in [0.5, 0.6) is 5.75 Å². The second-order valence-electron chi connectivity index (χ2n) is 6.44. The molecule has 22 heavy (non-hydrogen) atoms. The van der Waals surface area contributed by atoms with E-state index in [0.29, 0.717) is 19.0 Å². The average Bonchev–Trinajstić information content (AvgIpc) is 2.47. The fourth-order valence-corrected chi connectivity index (χ4v) is 2.13. The third-order valence-electron chi connectivity index (χ3n) is 3.44. The van der Waals surface area contributed by atoms with Crippen LogP contribution >= 0.6 is 11.6 Å². The Morgan fingerprint density at radius 3 is 2.45 bits per heavy atom. The molecule has 0 aliphatic rings. The fourth-order valence-electron chi connectivity index (χ4n) is 2.01. The molecule has 0 N–H and O–H groups in total. The zero-order chi connectivity index (χ0) is 16.8. The van der Waals surface area contributed by atoms with Gasteiger partial charge in [0.1, 0.15) is 12.4 Å². The summed E-state index contributed by atoms with van der Waals surface area (Å²) in [5.74, 6) is 1.16. The molecule has 0 aliphatic carbocycles. The van der Waals surface area contributed by atoms with Gasteiger partial charge in [0.25, 0.3) is 0 Å². The molecule has 0 aromatic heterocycles. The summed E-state index contributed by atoms with van der Waals surface area (Å²) in [6, 6.07) is 7.83. The molecule has 124 valence electrons. The number of halogens is 1. The first-order chi connectivity index (χ1) is 10.3. The minimum absolute atomic E-state index is 0.0330. The van der Waals surface area contributed by atoms with Crippen molar-refractivity contribution in [3.63, 3.8) is 0 Å². The number of hydrogen-bond acceptors (Lipinski definition) is 3. The molecular weight excluding hydrogens is 300 g/mol. The summed E-state index contributed by atoms with van der Waals surface area (Å²) in [6.07, 6.45) is 0. The van der Waals surface area contributed by atoms with Crippen molar-refractivity contribution in [3.05, 3.63) is 29.8 Å². The first-order valence-corrected chi connectivity index (χ1v) is 7.98. The van der Waals surface area contributed by atoms with Crippen LogP contribution in [0.15, 0.2) is 24.3 Å². The topological polar surface area (TPSA) is 32.8 Å². The van der Waals surface area contributed by atoms with Crippen molar-refractivity contribution >= 4 is 17.5 Å². The van der Waals surface area contributed by atoms with E-state index in [-0.39, 0.29) is 5.91 Å². The van der Waals surface area contributed by atoms with Crippen molar-refractivity contribution in [1.82, 2.24) is 9.80 Å². The van der Waals surface area contributed by atoms with Crippen molar-refractivity contribution in [1.29, 1.82) is 0 Å². The van der Waals surface area contributed by atoms with Gasteiger partial charge in [-0.15, -0.1) is 11.6 Å². The highest BCUT2D eigenvalue weighted by molar-refractivity contribution is 6.19. The number of carbonyl (C=O) groups is 1. The molecule has 4 nitrogen and oxygen atoms in total. The lowest BCUT2D eigenvalue weighted by Crippen LogP contribution is -2.39. The van der Waals surface area contributed by atoms with Crippen molar-refractivity contribution in [2.24, 2.45) is 5.41 Å². The Morgan fingerprint density at radius 2 is 1.86 bits per heavy atom. The number of hydrogen-bond donors (Lipinski definition) is 0. The van der Waals surface area contributed by atoms with Gasteiger partial charge < -0.3 is 14.5 Å². The lowest BCUT2D eigenvalue weighted by atomic mass is 9.94. The Morgan fingerprint density at radius 1 is 1.23 bits per heavy atom. The average molecular weight is 327 g/mol. The number of amides is 1. The van der Waals surface area contributed by atoms with Gasteiger partial charge in [0.2, 0.25) is 5.91 Å². The smallest absolute Gasteiger partial charge is 0.229 e. The summed E-state index contributed by atoms with van der Waals surface area (Å²) in [7, 11) is 5.82. The summed E-state index contributed by atoms with van der Waals surface area (Å²) < 4.78 is 5.83. The van der Waals surface area contributed by atoms with E-state index in [4.69, 9.17) is 16.3 Å². The minimum Gasteiger partial charge on any atom is -0.492 e.